The molecule has 0 aromatic heterocycles. The van der Waals surface area contributed by atoms with Gasteiger partial charge in [-0.15, -0.1) is 0 Å². The summed E-state index contributed by atoms with van der Waals surface area (Å²) in [6, 6.07) is 7.57. The molecule has 0 spiro atoms. The Labute approximate surface area is 187 Å². The molecule has 29 heavy (non-hydrogen) atoms. The van der Waals surface area contributed by atoms with Crippen LogP contribution in [0.1, 0.15) is 6.92 Å². The molecule has 0 unspecified atom stereocenters. The highest BCUT2D eigenvalue weighted by Crippen LogP contribution is 2.33. The highest BCUT2D eigenvalue weighted by molar-refractivity contribution is 14.1. The summed E-state index contributed by atoms with van der Waals surface area (Å²) in [5.41, 5.74) is -3.86. The van der Waals surface area contributed by atoms with Gasteiger partial charge in [-0.1, -0.05) is 23.2 Å². The van der Waals surface area contributed by atoms with E-state index in [1.165, 1.54) is 12.1 Å². The molecule has 158 valence electrons. The van der Waals surface area contributed by atoms with Gasteiger partial charge in [-0.05, 0) is 65.9 Å². The van der Waals surface area contributed by atoms with E-state index in [1.807, 2.05) is 27.9 Å². The number of rotatable bonds is 5. The molecule has 1 amide bonds. The first-order valence-electron chi connectivity index (χ1n) is 7.53. The van der Waals surface area contributed by atoms with Crippen LogP contribution in [0.15, 0.2) is 41.3 Å². The van der Waals surface area contributed by atoms with Crippen LogP contribution in [0.5, 0.6) is 0 Å². The summed E-state index contributed by atoms with van der Waals surface area (Å²) in [4.78, 5) is 11.4. The maximum Gasteiger partial charge on any atom is 0.426 e. The molecule has 1 atom stereocenters. The summed E-state index contributed by atoms with van der Waals surface area (Å²) in [7, 11) is -4.13. The minimum absolute atomic E-state index is 0.113. The van der Waals surface area contributed by atoms with Gasteiger partial charge >= 0.3 is 6.18 Å². The Bertz CT molecular complexity index is 1060. The maximum absolute atomic E-state index is 12.7. The van der Waals surface area contributed by atoms with Crippen molar-refractivity contribution in [1.29, 1.82) is 0 Å². The Morgan fingerprint density at radius 2 is 1.62 bits per heavy atom. The van der Waals surface area contributed by atoms with Crippen molar-refractivity contribution < 1.29 is 31.5 Å². The predicted molar refractivity (Wildman–Crippen MR) is 112 cm³/mol. The lowest BCUT2D eigenvalue weighted by molar-refractivity contribution is -0.242. The number of sulfonamides is 1. The quantitative estimate of drug-likeness (QED) is 0.447. The third-order valence-electron chi connectivity index (χ3n) is 3.67. The first-order chi connectivity index (χ1) is 13.1. The van der Waals surface area contributed by atoms with Crippen LogP contribution in [0, 0.1) is 3.57 Å². The van der Waals surface area contributed by atoms with Gasteiger partial charge in [-0.3, -0.25) is 9.52 Å². The number of nitrogens with one attached hydrogen (secondary N) is 2. The third kappa shape index (κ3) is 5.45. The van der Waals surface area contributed by atoms with Gasteiger partial charge in [0.2, 0.25) is 5.60 Å². The van der Waals surface area contributed by atoms with E-state index in [0.29, 0.717) is 0 Å². The Kier molecular flexibility index (Phi) is 7.00. The van der Waals surface area contributed by atoms with Crippen LogP contribution in [0.25, 0.3) is 0 Å². The number of carbonyl (C=O) groups excluding carboxylic acids is 1. The van der Waals surface area contributed by atoms with Gasteiger partial charge in [0.1, 0.15) is 0 Å². The number of aliphatic hydroxyl groups is 1. The van der Waals surface area contributed by atoms with Crippen molar-refractivity contribution in [3.63, 3.8) is 0 Å². The molecule has 0 aliphatic heterocycles. The zero-order valence-electron chi connectivity index (χ0n) is 14.3. The fourth-order valence-electron chi connectivity index (χ4n) is 1.91. The monoisotopic (exact) mass is 582 g/mol. The van der Waals surface area contributed by atoms with Gasteiger partial charge in [0.25, 0.3) is 15.9 Å². The predicted octanol–water partition coefficient (Wildman–Crippen LogP) is 4.65. The van der Waals surface area contributed by atoms with Crippen molar-refractivity contribution in [2.75, 3.05) is 10.0 Å². The first-order valence-corrected chi connectivity index (χ1v) is 10.8. The average Bonchev–Trinajstić information content (AvgIpc) is 2.58. The smallest absolute Gasteiger partial charge is 0.373 e. The highest BCUT2D eigenvalue weighted by Gasteiger charge is 2.55. The molecular weight excluding hydrogens is 571 g/mol. The molecule has 0 heterocycles. The number of hydrogen-bond acceptors (Lipinski definition) is 4. The zero-order chi connectivity index (χ0) is 22.2. The first kappa shape index (κ1) is 24.0. The molecule has 2 aromatic rings. The van der Waals surface area contributed by atoms with Crippen molar-refractivity contribution in [3.05, 3.63) is 50.0 Å². The molecule has 6 nitrogen and oxygen atoms in total. The molecule has 2 aromatic carbocycles. The molecule has 0 saturated heterocycles. The van der Waals surface area contributed by atoms with Crippen molar-refractivity contribution in [3.8, 4) is 0 Å². The fraction of sp³-hybridized carbons (Fsp3) is 0.188. The topological polar surface area (TPSA) is 95.5 Å². The SMILES string of the molecule is C[C@@](O)(C(=O)Nc1ccc(S(=O)(=O)Nc2ccc(I)cc2Cl)cc1Cl)C(F)(F)F. The van der Waals surface area contributed by atoms with E-state index in [2.05, 4.69) is 4.72 Å². The second kappa shape index (κ2) is 8.46. The lowest BCUT2D eigenvalue weighted by Gasteiger charge is -2.25. The van der Waals surface area contributed by atoms with Crippen molar-refractivity contribution in [2.24, 2.45) is 0 Å². The van der Waals surface area contributed by atoms with Gasteiger partial charge in [-0.25, -0.2) is 8.42 Å². The van der Waals surface area contributed by atoms with E-state index < -0.39 is 27.7 Å². The number of alkyl halides is 3. The van der Waals surface area contributed by atoms with E-state index in [0.717, 1.165) is 21.8 Å². The molecule has 0 bridgehead atoms. The van der Waals surface area contributed by atoms with E-state index in [1.54, 1.807) is 6.07 Å². The van der Waals surface area contributed by atoms with Gasteiger partial charge < -0.3 is 10.4 Å². The maximum atomic E-state index is 12.7. The fourth-order valence-corrected chi connectivity index (χ4v) is 4.27. The van der Waals surface area contributed by atoms with Crippen LogP contribution in [0.4, 0.5) is 24.5 Å². The second-order valence-corrected chi connectivity index (χ2v) is 9.64. The third-order valence-corrected chi connectivity index (χ3v) is 6.33. The van der Waals surface area contributed by atoms with Crippen LogP contribution in [0.3, 0.4) is 0 Å². The van der Waals surface area contributed by atoms with E-state index in [9.17, 15) is 31.5 Å². The molecule has 0 aliphatic rings. The molecule has 13 heteroatoms. The van der Waals surface area contributed by atoms with Crippen LogP contribution in [0.2, 0.25) is 10.0 Å². The molecule has 0 radical (unpaired) electrons. The largest absolute Gasteiger partial charge is 0.426 e. The summed E-state index contributed by atoms with van der Waals surface area (Å²) in [5, 5.41) is 11.0. The number of amides is 1. The summed E-state index contributed by atoms with van der Waals surface area (Å²) >= 11 is 13.9. The lowest BCUT2D eigenvalue weighted by Crippen LogP contribution is -2.52. The molecule has 0 fully saturated rings. The number of benzene rings is 2. The Morgan fingerprint density at radius 3 is 2.14 bits per heavy atom. The average molecular weight is 583 g/mol. The lowest BCUT2D eigenvalue weighted by atomic mass is 10.1. The Hall–Kier alpha value is -1.28. The number of hydrogen-bond donors (Lipinski definition) is 3. The summed E-state index contributed by atoms with van der Waals surface area (Å²) < 4.78 is 66.3. The van der Waals surface area contributed by atoms with E-state index in [-0.39, 0.29) is 33.2 Å². The molecule has 0 aliphatic carbocycles. The van der Waals surface area contributed by atoms with Crippen molar-refractivity contribution >= 4 is 73.1 Å². The van der Waals surface area contributed by atoms with Gasteiger partial charge in [0, 0.05) is 3.57 Å². The highest BCUT2D eigenvalue weighted by atomic mass is 127. The molecule has 2 rings (SSSR count). The minimum Gasteiger partial charge on any atom is -0.373 e. The van der Waals surface area contributed by atoms with Gasteiger partial charge in [0.05, 0.1) is 26.3 Å². The molecule has 3 N–H and O–H groups in total. The van der Waals surface area contributed by atoms with E-state index in [4.69, 9.17) is 23.2 Å². The summed E-state index contributed by atoms with van der Waals surface area (Å²) in [6.45, 7) is 0.282. The molecule has 0 saturated carbocycles. The zero-order valence-corrected chi connectivity index (χ0v) is 18.8. The van der Waals surface area contributed by atoms with Gasteiger partial charge in [-0.2, -0.15) is 13.2 Å². The number of carbonyl (C=O) groups is 1. The van der Waals surface area contributed by atoms with Crippen LogP contribution < -0.4 is 10.0 Å². The van der Waals surface area contributed by atoms with Crippen LogP contribution in [-0.4, -0.2) is 31.2 Å². The Balaban J connectivity index is 2.27. The number of halogens is 6. The van der Waals surface area contributed by atoms with Gasteiger partial charge in [0.15, 0.2) is 0 Å². The van der Waals surface area contributed by atoms with Crippen LogP contribution in [-0.2, 0) is 14.8 Å². The van der Waals surface area contributed by atoms with Crippen molar-refractivity contribution in [2.45, 2.75) is 23.6 Å². The van der Waals surface area contributed by atoms with Crippen molar-refractivity contribution in [1.82, 2.24) is 0 Å². The normalized spacial score (nSPS) is 14.2. The summed E-state index contributed by atoms with van der Waals surface area (Å²) in [6.07, 6.45) is -5.22. The van der Waals surface area contributed by atoms with Crippen LogP contribution >= 0.6 is 45.8 Å². The molecular formula is C16H12Cl2F3IN2O4S. The Morgan fingerprint density at radius 1 is 1.07 bits per heavy atom. The summed E-state index contributed by atoms with van der Waals surface area (Å²) in [5.74, 6) is -1.77. The van der Waals surface area contributed by atoms with E-state index >= 15 is 0 Å². The minimum atomic E-state index is -5.22. The number of anilines is 2. The standard InChI is InChI=1S/C16H12Cl2F3IN2O4S/c1-15(26,16(19,20)21)14(25)23-12-5-3-9(7-11(12)18)29(27,28)24-13-4-2-8(22)6-10(13)17/h2-7,24,26H,1H3,(H,23,25)/t15-/m1/s1. The second-order valence-electron chi connectivity index (χ2n) is 5.90.